The maximum atomic E-state index is 12.8. The highest BCUT2D eigenvalue weighted by Crippen LogP contribution is 2.17. The van der Waals surface area contributed by atoms with E-state index in [1.165, 1.54) is 0 Å². The SMILES string of the molecule is CCN(C(=O)c1cc(NCc2ccco2)ccn1)c1ccccc1. The largest absolute Gasteiger partial charge is 0.467 e. The molecule has 0 saturated heterocycles. The molecule has 5 heteroatoms. The lowest BCUT2D eigenvalue weighted by molar-refractivity contribution is 0.0983. The van der Waals surface area contributed by atoms with Crippen molar-refractivity contribution in [1.29, 1.82) is 0 Å². The van der Waals surface area contributed by atoms with Gasteiger partial charge in [0.25, 0.3) is 5.91 Å². The zero-order valence-electron chi connectivity index (χ0n) is 13.5. The summed E-state index contributed by atoms with van der Waals surface area (Å²) in [5, 5.41) is 3.23. The van der Waals surface area contributed by atoms with Crippen LogP contribution in [0.1, 0.15) is 23.2 Å². The smallest absolute Gasteiger partial charge is 0.276 e. The van der Waals surface area contributed by atoms with Crippen molar-refractivity contribution in [2.45, 2.75) is 13.5 Å². The average Bonchev–Trinajstić information content (AvgIpc) is 3.15. The van der Waals surface area contributed by atoms with E-state index in [2.05, 4.69) is 10.3 Å². The van der Waals surface area contributed by atoms with E-state index in [4.69, 9.17) is 4.42 Å². The number of amides is 1. The fourth-order valence-electron chi connectivity index (χ4n) is 2.45. The van der Waals surface area contributed by atoms with Gasteiger partial charge in [0.1, 0.15) is 11.5 Å². The van der Waals surface area contributed by atoms with Crippen LogP contribution in [-0.4, -0.2) is 17.4 Å². The monoisotopic (exact) mass is 321 g/mol. The van der Waals surface area contributed by atoms with Crippen LogP contribution in [0.5, 0.6) is 0 Å². The third-order valence-corrected chi connectivity index (χ3v) is 3.66. The van der Waals surface area contributed by atoms with Crippen LogP contribution >= 0.6 is 0 Å². The van der Waals surface area contributed by atoms with Gasteiger partial charge in [-0.2, -0.15) is 0 Å². The van der Waals surface area contributed by atoms with Crippen LogP contribution in [-0.2, 0) is 6.54 Å². The molecule has 3 aromatic rings. The molecule has 0 fully saturated rings. The van der Waals surface area contributed by atoms with Gasteiger partial charge in [-0.25, -0.2) is 0 Å². The Morgan fingerprint density at radius 1 is 1.17 bits per heavy atom. The summed E-state index contributed by atoms with van der Waals surface area (Å²) < 4.78 is 5.29. The van der Waals surface area contributed by atoms with Crippen LogP contribution in [0.4, 0.5) is 11.4 Å². The first kappa shape index (κ1) is 15.8. The average molecular weight is 321 g/mol. The summed E-state index contributed by atoms with van der Waals surface area (Å²) in [6.07, 6.45) is 3.27. The second-order valence-electron chi connectivity index (χ2n) is 5.25. The standard InChI is InChI=1S/C19H19N3O2/c1-2-22(16-7-4-3-5-8-16)19(23)18-13-15(10-11-20-18)21-14-17-9-6-12-24-17/h3-13H,2,14H2,1H3,(H,20,21). The zero-order valence-corrected chi connectivity index (χ0v) is 13.5. The minimum atomic E-state index is -0.120. The normalized spacial score (nSPS) is 10.4. The molecule has 1 aromatic carbocycles. The van der Waals surface area contributed by atoms with Crippen molar-refractivity contribution in [1.82, 2.24) is 4.98 Å². The number of nitrogens with zero attached hydrogens (tertiary/aromatic N) is 2. The van der Waals surface area contributed by atoms with Gasteiger partial charge in [0.2, 0.25) is 0 Å². The maximum absolute atomic E-state index is 12.8. The van der Waals surface area contributed by atoms with Gasteiger partial charge in [-0.1, -0.05) is 18.2 Å². The Kier molecular flexibility index (Phi) is 4.91. The molecule has 122 valence electrons. The lowest BCUT2D eigenvalue weighted by atomic mass is 10.2. The number of nitrogens with one attached hydrogen (secondary N) is 1. The van der Waals surface area contributed by atoms with Gasteiger partial charge in [-0.15, -0.1) is 0 Å². The number of carbonyl (C=O) groups is 1. The Bertz CT molecular complexity index is 785. The van der Waals surface area contributed by atoms with Gasteiger partial charge in [-0.05, 0) is 43.3 Å². The quantitative estimate of drug-likeness (QED) is 0.747. The zero-order chi connectivity index (χ0) is 16.8. The fourth-order valence-corrected chi connectivity index (χ4v) is 2.45. The first-order valence-electron chi connectivity index (χ1n) is 7.87. The minimum absolute atomic E-state index is 0.120. The summed E-state index contributed by atoms with van der Waals surface area (Å²) in [5.74, 6) is 0.713. The molecule has 0 aliphatic carbocycles. The lowest BCUT2D eigenvalue weighted by Gasteiger charge is -2.20. The van der Waals surface area contributed by atoms with Crippen LogP contribution in [0.15, 0.2) is 71.5 Å². The van der Waals surface area contributed by atoms with Crippen molar-refractivity contribution in [2.24, 2.45) is 0 Å². The number of anilines is 2. The van der Waals surface area contributed by atoms with Crippen LogP contribution in [0.3, 0.4) is 0 Å². The van der Waals surface area contributed by atoms with E-state index in [1.807, 2.05) is 55.5 Å². The number of para-hydroxylation sites is 1. The molecule has 1 N–H and O–H groups in total. The first-order valence-corrected chi connectivity index (χ1v) is 7.87. The van der Waals surface area contributed by atoms with Crippen molar-refractivity contribution >= 4 is 17.3 Å². The summed E-state index contributed by atoms with van der Waals surface area (Å²) in [4.78, 5) is 18.7. The van der Waals surface area contributed by atoms with Crippen LogP contribution in [0.25, 0.3) is 0 Å². The van der Waals surface area contributed by atoms with Crippen LogP contribution in [0, 0.1) is 0 Å². The van der Waals surface area contributed by atoms with E-state index < -0.39 is 0 Å². The predicted octanol–water partition coefficient (Wildman–Crippen LogP) is 3.95. The lowest BCUT2D eigenvalue weighted by Crippen LogP contribution is -2.31. The molecular formula is C19H19N3O2. The molecule has 0 radical (unpaired) electrons. The molecular weight excluding hydrogens is 302 g/mol. The van der Waals surface area contributed by atoms with E-state index in [1.54, 1.807) is 23.4 Å². The molecule has 0 saturated carbocycles. The van der Waals surface area contributed by atoms with Gasteiger partial charge in [0.15, 0.2) is 0 Å². The molecule has 2 heterocycles. The number of aromatic nitrogens is 1. The van der Waals surface area contributed by atoms with E-state index >= 15 is 0 Å². The van der Waals surface area contributed by atoms with E-state index in [9.17, 15) is 4.79 Å². The Morgan fingerprint density at radius 3 is 2.71 bits per heavy atom. The summed E-state index contributed by atoms with van der Waals surface area (Å²) in [6, 6.07) is 16.9. The molecule has 0 bridgehead atoms. The Labute approximate surface area is 140 Å². The van der Waals surface area contributed by atoms with Crippen molar-refractivity contribution in [3.8, 4) is 0 Å². The molecule has 0 aliphatic heterocycles. The second-order valence-corrected chi connectivity index (χ2v) is 5.25. The van der Waals surface area contributed by atoms with Crippen molar-refractivity contribution < 1.29 is 9.21 Å². The number of hydrogen-bond acceptors (Lipinski definition) is 4. The number of furan rings is 1. The Hall–Kier alpha value is -3.08. The third kappa shape index (κ3) is 3.63. The topological polar surface area (TPSA) is 58.4 Å². The van der Waals surface area contributed by atoms with E-state index in [-0.39, 0.29) is 5.91 Å². The Balaban J connectivity index is 1.75. The minimum Gasteiger partial charge on any atom is -0.467 e. The molecule has 24 heavy (non-hydrogen) atoms. The highest BCUT2D eigenvalue weighted by atomic mass is 16.3. The fraction of sp³-hybridized carbons (Fsp3) is 0.158. The molecule has 0 aliphatic rings. The predicted molar refractivity (Wildman–Crippen MR) is 94.1 cm³/mol. The van der Waals surface area contributed by atoms with Crippen molar-refractivity contribution in [2.75, 3.05) is 16.8 Å². The van der Waals surface area contributed by atoms with Crippen molar-refractivity contribution in [3.63, 3.8) is 0 Å². The summed E-state index contributed by atoms with van der Waals surface area (Å²) in [6.45, 7) is 3.08. The number of pyridine rings is 1. The van der Waals surface area contributed by atoms with Gasteiger partial charge < -0.3 is 14.6 Å². The maximum Gasteiger partial charge on any atom is 0.276 e. The first-order chi connectivity index (χ1) is 11.8. The molecule has 0 spiro atoms. The molecule has 0 atom stereocenters. The van der Waals surface area contributed by atoms with Crippen molar-refractivity contribution in [3.05, 3.63) is 78.5 Å². The second kappa shape index (κ2) is 7.46. The van der Waals surface area contributed by atoms with Gasteiger partial charge in [0.05, 0.1) is 12.8 Å². The summed E-state index contributed by atoms with van der Waals surface area (Å²) in [7, 11) is 0. The van der Waals surface area contributed by atoms with Crippen LogP contribution in [0.2, 0.25) is 0 Å². The highest BCUT2D eigenvalue weighted by Gasteiger charge is 2.17. The molecule has 1 amide bonds. The molecule has 3 rings (SSSR count). The molecule has 2 aromatic heterocycles. The number of benzene rings is 1. The molecule has 0 unspecified atom stereocenters. The van der Waals surface area contributed by atoms with Gasteiger partial charge in [0, 0.05) is 24.1 Å². The number of rotatable bonds is 6. The van der Waals surface area contributed by atoms with E-state index in [0.29, 0.717) is 18.8 Å². The van der Waals surface area contributed by atoms with Gasteiger partial charge in [-0.3, -0.25) is 9.78 Å². The highest BCUT2D eigenvalue weighted by molar-refractivity contribution is 6.05. The summed E-state index contributed by atoms with van der Waals surface area (Å²) in [5.41, 5.74) is 2.10. The summed E-state index contributed by atoms with van der Waals surface area (Å²) >= 11 is 0. The number of hydrogen-bond donors (Lipinski definition) is 1. The van der Waals surface area contributed by atoms with E-state index in [0.717, 1.165) is 17.1 Å². The van der Waals surface area contributed by atoms with Gasteiger partial charge >= 0.3 is 0 Å². The molecule has 5 nitrogen and oxygen atoms in total. The van der Waals surface area contributed by atoms with Crippen LogP contribution < -0.4 is 10.2 Å². The third-order valence-electron chi connectivity index (χ3n) is 3.66. The number of carbonyl (C=O) groups excluding carboxylic acids is 1. The Morgan fingerprint density at radius 2 is 2.00 bits per heavy atom.